The Balaban J connectivity index is 2.03. The zero-order valence-corrected chi connectivity index (χ0v) is 15.5. The summed E-state index contributed by atoms with van der Waals surface area (Å²) in [4.78, 5) is 28.9. The molecule has 0 aliphatic carbocycles. The molecule has 0 bridgehead atoms. The Bertz CT molecular complexity index is 807. The molecule has 142 valence electrons. The molecule has 1 N–H and O–H groups in total. The standard InChI is InChI=1S/C19H22N4O4/c1-4-26-17-11-14(5-6-16(17)27-13-18(24)23(2)3)12-21-22-19(25)15-7-9-20-10-8-15/h5-12H,4,13H2,1-3H3,(H,22,25)/b21-12-. The van der Waals surface area contributed by atoms with Crippen LogP contribution < -0.4 is 14.9 Å². The smallest absolute Gasteiger partial charge is 0.271 e. The van der Waals surface area contributed by atoms with Crippen LogP contribution in [0, 0.1) is 0 Å². The highest BCUT2D eigenvalue weighted by molar-refractivity contribution is 5.94. The van der Waals surface area contributed by atoms with Crippen LogP contribution in [-0.4, -0.2) is 55.2 Å². The molecular formula is C19H22N4O4. The fraction of sp³-hybridized carbons (Fsp3) is 0.263. The maximum absolute atomic E-state index is 11.9. The number of hydrogen-bond donors (Lipinski definition) is 1. The van der Waals surface area contributed by atoms with Crippen molar-refractivity contribution in [3.05, 3.63) is 53.9 Å². The van der Waals surface area contributed by atoms with E-state index < -0.39 is 0 Å². The number of carbonyl (C=O) groups is 2. The summed E-state index contributed by atoms with van der Waals surface area (Å²) in [6.45, 7) is 2.21. The van der Waals surface area contributed by atoms with Gasteiger partial charge in [-0.2, -0.15) is 5.10 Å². The molecule has 0 unspecified atom stereocenters. The first-order chi connectivity index (χ1) is 13.0. The van der Waals surface area contributed by atoms with Gasteiger partial charge in [-0.15, -0.1) is 0 Å². The molecule has 1 aromatic heterocycles. The van der Waals surface area contributed by atoms with E-state index in [-0.39, 0.29) is 18.4 Å². The fourth-order valence-electron chi connectivity index (χ4n) is 1.99. The molecule has 0 saturated carbocycles. The Morgan fingerprint density at radius 1 is 1.15 bits per heavy atom. The molecule has 0 aliphatic heterocycles. The molecule has 0 saturated heterocycles. The van der Waals surface area contributed by atoms with Crippen LogP contribution in [0.25, 0.3) is 0 Å². The van der Waals surface area contributed by atoms with Crippen LogP contribution in [0.3, 0.4) is 0 Å². The van der Waals surface area contributed by atoms with Crippen LogP contribution in [0.5, 0.6) is 11.5 Å². The second-order valence-electron chi connectivity index (χ2n) is 5.65. The first-order valence-corrected chi connectivity index (χ1v) is 8.34. The monoisotopic (exact) mass is 370 g/mol. The first kappa shape index (κ1) is 19.9. The normalized spacial score (nSPS) is 10.5. The highest BCUT2D eigenvalue weighted by Crippen LogP contribution is 2.28. The predicted octanol–water partition coefficient (Wildman–Crippen LogP) is 1.71. The number of likely N-dealkylation sites (N-methyl/N-ethyl adjacent to an activating group) is 1. The molecule has 0 radical (unpaired) electrons. The van der Waals surface area contributed by atoms with Crippen molar-refractivity contribution in [2.24, 2.45) is 5.10 Å². The largest absolute Gasteiger partial charge is 0.490 e. The van der Waals surface area contributed by atoms with Gasteiger partial charge in [0.25, 0.3) is 11.8 Å². The second kappa shape index (κ2) is 9.91. The minimum Gasteiger partial charge on any atom is -0.490 e. The van der Waals surface area contributed by atoms with Crippen LogP contribution in [0.2, 0.25) is 0 Å². The van der Waals surface area contributed by atoms with Crippen LogP contribution in [-0.2, 0) is 4.79 Å². The molecule has 0 atom stereocenters. The van der Waals surface area contributed by atoms with E-state index in [4.69, 9.17) is 9.47 Å². The number of pyridine rings is 1. The van der Waals surface area contributed by atoms with Gasteiger partial charge < -0.3 is 14.4 Å². The van der Waals surface area contributed by atoms with Crippen LogP contribution in [0.15, 0.2) is 47.8 Å². The zero-order valence-electron chi connectivity index (χ0n) is 15.5. The summed E-state index contributed by atoms with van der Waals surface area (Å²) in [6, 6.07) is 8.36. The van der Waals surface area contributed by atoms with Crippen molar-refractivity contribution in [3.63, 3.8) is 0 Å². The lowest BCUT2D eigenvalue weighted by Gasteiger charge is -2.14. The van der Waals surface area contributed by atoms with E-state index in [2.05, 4.69) is 15.5 Å². The van der Waals surface area contributed by atoms with Gasteiger partial charge >= 0.3 is 0 Å². The average Bonchev–Trinajstić information content (AvgIpc) is 2.67. The molecule has 2 rings (SSSR count). The summed E-state index contributed by atoms with van der Waals surface area (Å²) in [7, 11) is 3.32. The van der Waals surface area contributed by atoms with E-state index in [0.29, 0.717) is 29.2 Å². The molecule has 0 fully saturated rings. The van der Waals surface area contributed by atoms with Crippen molar-refractivity contribution in [2.45, 2.75) is 6.92 Å². The maximum atomic E-state index is 11.9. The lowest BCUT2D eigenvalue weighted by Crippen LogP contribution is -2.27. The minimum atomic E-state index is -0.333. The van der Waals surface area contributed by atoms with Gasteiger partial charge in [0.15, 0.2) is 18.1 Å². The van der Waals surface area contributed by atoms with Crippen molar-refractivity contribution in [1.82, 2.24) is 15.3 Å². The van der Waals surface area contributed by atoms with Crippen molar-refractivity contribution in [2.75, 3.05) is 27.3 Å². The number of rotatable bonds is 8. The van der Waals surface area contributed by atoms with E-state index in [9.17, 15) is 9.59 Å². The van der Waals surface area contributed by atoms with E-state index in [1.54, 1.807) is 44.4 Å². The van der Waals surface area contributed by atoms with E-state index in [1.165, 1.54) is 23.5 Å². The topological polar surface area (TPSA) is 93.1 Å². The number of benzene rings is 1. The molecular weight excluding hydrogens is 348 g/mol. The number of carbonyl (C=O) groups excluding carboxylic acids is 2. The number of amides is 2. The van der Waals surface area contributed by atoms with Crippen molar-refractivity contribution in [1.29, 1.82) is 0 Å². The number of hydrogen-bond acceptors (Lipinski definition) is 6. The third-order valence-corrected chi connectivity index (χ3v) is 3.44. The molecule has 27 heavy (non-hydrogen) atoms. The summed E-state index contributed by atoms with van der Waals surface area (Å²) in [5, 5.41) is 3.94. The molecule has 1 aromatic carbocycles. The van der Waals surface area contributed by atoms with E-state index in [0.717, 1.165) is 0 Å². The Morgan fingerprint density at radius 2 is 1.89 bits per heavy atom. The number of nitrogens with zero attached hydrogens (tertiary/aromatic N) is 3. The maximum Gasteiger partial charge on any atom is 0.271 e. The Kier molecular flexibility index (Phi) is 7.30. The van der Waals surface area contributed by atoms with E-state index >= 15 is 0 Å². The molecule has 8 nitrogen and oxygen atoms in total. The molecule has 8 heteroatoms. The lowest BCUT2D eigenvalue weighted by atomic mass is 10.2. The highest BCUT2D eigenvalue weighted by atomic mass is 16.5. The van der Waals surface area contributed by atoms with Crippen LogP contribution in [0.4, 0.5) is 0 Å². The molecule has 1 heterocycles. The van der Waals surface area contributed by atoms with Gasteiger partial charge in [-0.1, -0.05) is 0 Å². The number of nitrogens with one attached hydrogen (secondary N) is 1. The van der Waals surface area contributed by atoms with E-state index in [1.807, 2.05) is 6.92 Å². The average molecular weight is 370 g/mol. The Labute approximate surface area is 157 Å². The first-order valence-electron chi connectivity index (χ1n) is 8.34. The number of hydrazone groups is 1. The van der Waals surface area contributed by atoms with Gasteiger partial charge in [0.05, 0.1) is 12.8 Å². The van der Waals surface area contributed by atoms with Gasteiger partial charge in [-0.05, 0) is 42.8 Å². The summed E-state index contributed by atoms with van der Waals surface area (Å²) in [6.07, 6.45) is 4.57. The van der Waals surface area contributed by atoms with Crippen LogP contribution >= 0.6 is 0 Å². The molecule has 2 amide bonds. The van der Waals surface area contributed by atoms with Gasteiger partial charge in [0.1, 0.15) is 0 Å². The van der Waals surface area contributed by atoms with Crippen molar-refractivity contribution >= 4 is 18.0 Å². The van der Waals surface area contributed by atoms with Crippen molar-refractivity contribution in [3.8, 4) is 11.5 Å². The fourth-order valence-corrected chi connectivity index (χ4v) is 1.99. The summed E-state index contributed by atoms with van der Waals surface area (Å²) < 4.78 is 11.1. The predicted molar refractivity (Wildman–Crippen MR) is 101 cm³/mol. The third kappa shape index (κ3) is 6.10. The summed E-state index contributed by atoms with van der Waals surface area (Å²) >= 11 is 0. The molecule has 2 aromatic rings. The van der Waals surface area contributed by atoms with Gasteiger partial charge in [0.2, 0.25) is 0 Å². The molecule has 0 spiro atoms. The van der Waals surface area contributed by atoms with Gasteiger partial charge in [-0.25, -0.2) is 5.43 Å². The molecule has 0 aliphatic rings. The highest BCUT2D eigenvalue weighted by Gasteiger charge is 2.10. The number of ether oxygens (including phenoxy) is 2. The van der Waals surface area contributed by atoms with Crippen LogP contribution in [0.1, 0.15) is 22.8 Å². The van der Waals surface area contributed by atoms with Crippen molar-refractivity contribution < 1.29 is 19.1 Å². The minimum absolute atomic E-state index is 0.0809. The van der Waals surface area contributed by atoms with Gasteiger partial charge in [0, 0.05) is 32.1 Å². The SMILES string of the molecule is CCOc1cc(/C=N\NC(=O)c2ccncc2)ccc1OCC(=O)N(C)C. The summed E-state index contributed by atoms with van der Waals surface area (Å²) in [5.41, 5.74) is 3.62. The lowest BCUT2D eigenvalue weighted by molar-refractivity contribution is -0.130. The number of aromatic nitrogens is 1. The summed E-state index contributed by atoms with van der Waals surface area (Å²) in [5.74, 6) is 0.473. The zero-order chi connectivity index (χ0) is 19.6. The Hall–Kier alpha value is -3.42. The quantitative estimate of drug-likeness (QED) is 0.564. The Morgan fingerprint density at radius 3 is 2.56 bits per heavy atom. The third-order valence-electron chi connectivity index (χ3n) is 3.44. The van der Waals surface area contributed by atoms with Gasteiger partial charge in [-0.3, -0.25) is 14.6 Å². The second-order valence-corrected chi connectivity index (χ2v) is 5.65.